The zero-order valence-electron chi connectivity index (χ0n) is 12.6. The molecule has 0 aromatic heterocycles. The van der Waals surface area contributed by atoms with E-state index in [-0.39, 0.29) is 5.75 Å². The minimum atomic E-state index is -4.34. The monoisotopic (exact) mass is 303 g/mol. The first-order chi connectivity index (χ1) is 9.69. The molecule has 0 saturated heterocycles. The molecule has 0 unspecified atom stereocenters. The normalized spacial score (nSPS) is 11.0. The molecule has 0 saturated carbocycles. The van der Waals surface area contributed by atoms with E-state index in [2.05, 4.69) is 4.99 Å². The molecule has 118 valence electrons. The van der Waals surface area contributed by atoms with Gasteiger partial charge in [-0.3, -0.25) is 0 Å². The molecule has 4 nitrogen and oxygen atoms in total. The first-order valence-corrected chi connectivity index (χ1v) is 6.36. The van der Waals surface area contributed by atoms with Crippen molar-refractivity contribution >= 4 is 5.96 Å². The van der Waals surface area contributed by atoms with Crippen LogP contribution in [0.4, 0.5) is 13.2 Å². The standard InChI is InChI=1S/C14H20F3N3O/c1-19(2)13(20(3)4)18-9-11-6-5-7-12(8-11)21-10-14(15,16)17/h5-8H,9-10H2,1-4H3. The number of ether oxygens (including phenoxy) is 1. The number of rotatable bonds is 4. The third-order valence-electron chi connectivity index (χ3n) is 2.50. The Balaban J connectivity index is 2.74. The summed E-state index contributed by atoms with van der Waals surface area (Å²) >= 11 is 0. The van der Waals surface area contributed by atoms with Crippen LogP contribution in [0.15, 0.2) is 29.3 Å². The molecule has 1 rings (SSSR count). The number of nitrogens with zero attached hydrogens (tertiary/aromatic N) is 3. The maximum absolute atomic E-state index is 12.1. The van der Waals surface area contributed by atoms with E-state index in [0.717, 1.165) is 11.5 Å². The predicted molar refractivity (Wildman–Crippen MR) is 76.5 cm³/mol. The van der Waals surface area contributed by atoms with Crippen LogP contribution in [0.2, 0.25) is 0 Å². The summed E-state index contributed by atoms with van der Waals surface area (Å²) in [5.41, 5.74) is 0.788. The van der Waals surface area contributed by atoms with E-state index in [9.17, 15) is 13.2 Å². The fourth-order valence-corrected chi connectivity index (χ4v) is 1.74. The highest BCUT2D eigenvalue weighted by atomic mass is 19.4. The summed E-state index contributed by atoms with van der Waals surface area (Å²) in [5.74, 6) is 0.966. The molecule has 0 radical (unpaired) electrons. The molecule has 0 aliphatic rings. The third kappa shape index (κ3) is 6.37. The zero-order chi connectivity index (χ0) is 16.0. The van der Waals surface area contributed by atoms with Crippen molar-refractivity contribution in [2.45, 2.75) is 12.7 Å². The van der Waals surface area contributed by atoms with Crippen LogP contribution in [0.1, 0.15) is 5.56 Å². The van der Waals surface area contributed by atoms with Crippen molar-refractivity contribution in [3.05, 3.63) is 29.8 Å². The average molecular weight is 303 g/mol. The highest BCUT2D eigenvalue weighted by Crippen LogP contribution is 2.19. The minimum Gasteiger partial charge on any atom is -0.484 e. The Bertz CT molecular complexity index is 475. The fraction of sp³-hybridized carbons (Fsp3) is 0.500. The van der Waals surface area contributed by atoms with E-state index in [1.165, 1.54) is 6.07 Å². The largest absolute Gasteiger partial charge is 0.484 e. The summed E-state index contributed by atoms with van der Waals surface area (Å²) in [4.78, 5) is 8.16. The van der Waals surface area contributed by atoms with Crippen LogP contribution in [-0.4, -0.2) is 56.7 Å². The first-order valence-electron chi connectivity index (χ1n) is 6.36. The average Bonchev–Trinajstić information content (AvgIpc) is 2.35. The number of hydrogen-bond acceptors (Lipinski definition) is 2. The lowest BCUT2D eigenvalue weighted by atomic mass is 10.2. The van der Waals surface area contributed by atoms with Gasteiger partial charge in [0.25, 0.3) is 0 Å². The molecule has 7 heteroatoms. The van der Waals surface area contributed by atoms with E-state index in [1.54, 1.807) is 18.2 Å². The lowest BCUT2D eigenvalue weighted by molar-refractivity contribution is -0.153. The predicted octanol–water partition coefficient (Wildman–Crippen LogP) is 2.61. The van der Waals surface area contributed by atoms with Crippen molar-refractivity contribution in [1.29, 1.82) is 0 Å². The molecule has 0 bridgehead atoms. The molecule has 0 amide bonds. The van der Waals surface area contributed by atoms with Crippen LogP contribution in [-0.2, 0) is 6.54 Å². The lowest BCUT2D eigenvalue weighted by Gasteiger charge is -2.22. The molecule has 0 aliphatic carbocycles. The number of alkyl halides is 3. The van der Waals surface area contributed by atoms with Gasteiger partial charge in [-0.25, -0.2) is 4.99 Å². The van der Waals surface area contributed by atoms with Crippen LogP contribution in [0, 0.1) is 0 Å². The molecule has 1 aromatic carbocycles. The Hall–Kier alpha value is -1.92. The van der Waals surface area contributed by atoms with Gasteiger partial charge >= 0.3 is 6.18 Å². The molecule has 0 N–H and O–H groups in total. The molecule has 0 atom stereocenters. The van der Waals surface area contributed by atoms with E-state index < -0.39 is 12.8 Å². The minimum absolute atomic E-state index is 0.191. The molecule has 0 spiro atoms. The highest BCUT2D eigenvalue weighted by Gasteiger charge is 2.28. The van der Waals surface area contributed by atoms with Crippen molar-refractivity contribution in [3.8, 4) is 5.75 Å². The van der Waals surface area contributed by atoms with Crippen LogP contribution in [0.25, 0.3) is 0 Å². The quantitative estimate of drug-likeness (QED) is 0.632. The van der Waals surface area contributed by atoms with Crippen molar-refractivity contribution in [3.63, 3.8) is 0 Å². The number of benzene rings is 1. The fourth-order valence-electron chi connectivity index (χ4n) is 1.74. The Morgan fingerprint density at radius 2 is 1.76 bits per heavy atom. The van der Waals surface area contributed by atoms with Crippen molar-refractivity contribution in [2.24, 2.45) is 4.99 Å². The lowest BCUT2D eigenvalue weighted by Crippen LogP contribution is -2.35. The summed E-state index contributed by atoms with van der Waals surface area (Å²) < 4.78 is 41.1. The van der Waals surface area contributed by atoms with Crippen LogP contribution in [0.5, 0.6) is 5.75 Å². The Labute approximate surface area is 122 Å². The van der Waals surface area contributed by atoms with Crippen molar-refractivity contribution in [1.82, 2.24) is 9.80 Å². The van der Waals surface area contributed by atoms with Gasteiger partial charge in [-0.2, -0.15) is 13.2 Å². The van der Waals surface area contributed by atoms with Gasteiger partial charge in [0.05, 0.1) is 6.54 Å². The summed E-state index contributed by atoms with van der Waals surface area (Å²) in [5, 5.41) is 0. The zero-order valence-corrected chi connectivity index (χ0v) is 12.6. The van der Waals surface area contributed by atoms with E-state index in [1.807, 2.05) is 38.0 Å². The second-order valence-electron chi connectivity index (χ2n) is 4.96. The molecular formula is C14H20F3N3O. The number of halogens is 3. The van der Waals surface area contributed by atoms with E-state index in [4.69, 9.17) is 4.74 Å². The van der Waals surface area contributed by atoms with Gasteiger partial charge in [-0.15, -0.1) is 0 Å². The second kappa shape index (κ2) is 7.19. The molecular weight excluding hydrogens is 283 g/mol. The van der Waals surface area contributed by atoms with Crippen LogP contribution >= 0.6 is 0 Å². The summed E-state index contributed by atoms with van der Waals surface area (Å²) in [7, 11) is 7.51. The number of guanidine groups is 1. The maximum atomic E-state index is 12.1. The Morgan fingerprint density at radius 1 is 1.14 bits per heavy atom. The summed E-state index contributed by atoms with van der Waals surface area (Å²) in [6.45, 7) is -0.921. The van der Waals surface area contributed by atoms with Gasteiger partial charge in [-0.1, -0.05) is 12.1 Å². The highest BCUT2D eigenvalue weighted by molar-refractivity contribution is 5.79. The van der Waals surface area contributed by atoms with E-state index in [0.29, 0.717) is 6.54 Å². The topological polar surface area (TPSA) is 28.1 Å². The molecule has 1 aromatic rings. The molecule has 0 aliphatic heterocycles. The molecule has 0 fully saturated rings. The van der Waals surface area contributed by atoms with Gasteiger partial charge in [0.15, 0.2) is 12.6 Å². The van der Waals surface area contributed by atoms with Gasteiger partial charge in [-0.05, 0) is 17.7 Å². The van der Waals surface area contributed by atoms with Gasteiger partial charge < -0.3 is 14.5 Å². The van der Waals surface area contributed by atoms with Crippen molar-refractivity contribution < 1.29 is 17.9 Å². The van der Waals surface area contributed by atoms with Gasteiger partial charge in [0.2, 0.25) is 0 Å². The molecule has 0 heterocycles. The van der Waals surface area contributed by atoms with Gasteiger partial charge in [0.1, 0.15) is 5.75 Å². The second-order valence-corrected chi connectivity index (χ2v) is 4.96. The van der Waals surface area contributed by atoms with Crippen LogP contribution < -0.4 is 4.74 Å². The third-order valence-corrected chi connectivity index (χ3v) is 2.50. The van der Waals surface area contributed by atoms with Crippen molar-refractivity contribution in [2.75, 3.05) is 34.8 Å². The molecule has 21 heavy (non-hydrogen) atoms. The SMILES string of the molecule is CN(C)C(=NCc1cccc(OCC(F)(F)F)c1)N(C)C. The smallest absolute Gasteiger partial charge is 0.422 e. The summed E-state index contributed by atoms with van der Waals surface area (Å²) in [6.07, 6.45) is -4.34. The van der Waals surface area contributed by atoms with Crippen LogP contribution in [0.3, 0.4) is 0 Å². The van der Waals surface area contributed by atoms with Gasteiger partial charge in [0, 0.05) is 28.2 Å². The number of hydrogen-bond donors (Lipinski definition) is 0. The Morgan fingerprint density at radius 3 is 2.29 bits per heavy atom. The van der Waals surface area contributed by atoms with E-state index >= 15 is 0 Å². The summed E-state index contributed by atoms with van der Waals surface area (Å²) in [6, 6.07) is 6.52. The Kier molecular flexibility index (Phi) is 5.87. The number of aliphatic imine (C=N–C) groups is 1. The maximum Gasteiger partial charge on any atom is 0.422 e. The first kappa shape index (κ1) is 17.1.